The van der Waals surface area contributed by atoms with Crippen molar-refractivity contribution in [2.24, 2.45) is 0 Å². The maximum atomic E-state index is 13.8. The van der Waals surface area contributed by atoms with Crippen LogP contribution in [0.1, 0.15) is 33.5 Å². The number of fused-ring (bicyclic) bond motifs is 2. The van der Waals surface area contributed by atoms with E-state index in [2.05, 4.69) is 44.2 Å². The first-order valence-electron chi connectivity index (χ1n) is 10.5. The highest BCUT2D eigenvalue weighted by atomic mass is 16.2. The van der Waals surface area contributed by atoms with Crippen LogP contribution < -0.4 is 4.90 Å². The van der Waals surface area contributed by atoms with Crippen LogP contribution in [0.3, 0.4) is 0 Å². The Morgan fingerprint density at radius 2 is 1.73 bits per heavy atom. The molecule has 3 nitrogen and oxygen atoms in total. The van der Waals surface area contributed by atoms with Crippen molar-refractivity contribution in [2.45, 2.75) is 26.7 Å². The van der Waals surface area contributed by atoms with Crippen molar-refractivity contribution in [3.8, 4) is 11.3 Å². The molecular formula is C27H24N2O. The molecule has 4 aromatic rings. The number of amides is 1. The highest BCUT2D eigenvalue weighted by molar-refractivity contribution is 6.14. The summed E-state index contributed by atoms with van der Waals surface area (Å²) in [6, 6.07) is 24.5. The van der Waals surface area contributed by atoms with Crippen LogP contribution >= 0.6 is 0 Å². The minimum Gasteiger partial charge on any atom is -0.308 e. The van der Waals surface area contributed by atoms with E-state index in [9.17, 15) is 4.79 Å². The van der Waals surface area contributed by atoms with Crippen LogP contribution in [0.4, 0.5) is 5.69 Å². The molecule has 148 valence electrons. The molecule has 30 heavy (non-hydrogen) atoms. The summed E-state index contributed by atoms with van der Waals surface area (Å²) in [4.78, 5) is 20.6. The van der Waals surface area contributed by atoms with E-state index in [1.54, 1.807) is 0 Å². The maximum absolute atomic E-state index is 13.8. The average Bonchev–Trinajstić information content (AvgIpc) is 2.77. The standard InChI is InChI=1S/C27H24N2O/c1-18-13-14-21(19(2)16-18)25-17-23(22-10-4-5-11-24(22)28-25)27(30)29-15-7-9-20-8-3-6-12-26(20)29/h3-6,8,10-14,16-17H,7,9,15H2,1-2H3. The molecule has 1 aromatic heterocycles. The molecular weight excluding hydrogens is 368 g/mol. The van der Waals surface area contributed by atoms with Crippen molar-refractivity contribution in [1.29, 1.82) is 0 Å². The lowest BCUT2D eigenvalue weighted by Gasteiger charge is -2.30. The molecule has 0 bridgehead atoms. The lowest BCUT2D eigenvalue weighted by atomic mass is 9.97. The van der Waals surface area contributed by atoms with E-state index in [1.807, 2.05) is 47.4 Å². The number of hydrogen-bond donors (Lipinski definition) is 0. The predicted octanol–water partition coefficient (Wildman–Crippen LogP) is 6.11. The molecule has 2 heterocycles. The normalized spacial score (nSPS) is 13.3. The summed E-state index contributed by atoms with van der Waals surface area (Å²) in [7, 11) is 0. The van der Waals surface area contributed by atoms with E-state index in [0.29, 0.717) is 5.56 Å². The number of benzene rings is 3. The highest BCUT2D eigenvalue weighted by Crippen LogP contribution is 2.32. The molecule has 3 aromatic carbocycles. The van der Waals surface area contributed by atoms with Gasteiger partial charge in [-0.15, -0.1) is 0 Å². The third kappa shape index (κ3) is 3.17. The second kappa shape index (κ2) is 7.42. The number of pyridine rings is 1. The van der Waals surface area contributed by atoms with Crippen LogP contribution in [0.5, 0.6) is 0 Å². The largest absolute Gasteiger partial charge is 0.308 e. The summed E-state index contributed by atoms with van der Waals surface area (Å²) in [6.07, 6.45) is 2.00. The molecule has 0 N–H and O–H groups in total. The molecule has 1 aliphatic heterocycles. The van der Waals surface area contributed by atoms with Crippen molar-refractivity contribution in [3.63, 3.8) is 0 Å². The lowest BCUT2D eigenvalue weighted by Crippen LogP contribution is -2.35. The Kier molecular flexibility index (Phi) is 4.59. The third-order valence-electron chi connectivity index (χ3n) is 5.96. The fraction of sp³-hybridized carbons (Fsp3) is 0.185. The first-order chi connectivity index (χ1) is 14.6. The van der Waals surface area contributed by atoms with E-state index >= 15 is 0 Å². The van der Waals surface area contributed by atoms with Gasteiger partial charge in [-0.05, 0) is 56.0 Å². The number of nitrogens with zero attached hydrogens (tertiary/aromatic N) is 2. The fourth-order valence-electron chi connectivity index (χ4n) is 4.48. The van der Waals surface area contributed by atoms with E-state index in [-0.39, 0.29) is 5.91 Å². The van der Waals surface area contributed by atoms with E-state index < -0.39 is 0 Å². The van der Waals surface area contributed by atoms with Crippen LogP contribution in [-0.2, 0) is 6.42 Å². The number of aromatic nitrogens is 1. The van der Waals surface area contributed by atoms with Crippen LogP contribution in [0.2, 0.25) is 0 Å². The number of carbonyl (C=O) groups excluding carboxylic acids is 1. The molecule has 0 fully saturated rings. The third-order valence-corrected chi connectivity index (χ3v) is 5.96. The van der Waals surface area contributed by atoms with Crippen LogP contribution in [-0.4, -0.2) is 17.4 Å². The molecule has 0 aliphatic carbocycles. The highest BCUT2D eigenvalue weighted by Gasteiger charge is 2.25. The van der Waals surface area contributed by atoms with E-state index in [4.69, 9.17) is 4.98 Å². The predicted molar refractivity (Wildman–Crippen MR) is 123 cm³/mol. The zero-order valence-electron chi connectivity index (χ0n) is 17.4. The molecule has 0 atom stereocenters. The minimum absolute atomic E-state index is 0.0479. The van der Waals surface area contributed by atoms with Gasteiger partial charge >= 0.3 is 0 Å². The molecule has 0 radical (unpaired) electrons. The Bertz CT molecular complexity index is 1280. The Morgan fingerprint density at radius 1 is 0.933 bits per heavy atom. The van der Waals surface area contributed by atoms with Gasteiger partial charge in [0, 0.05) is 23.2 Å². The van der Waals surface area contributed by atoms with Gasteiger partial charge in [-0.25, -0.2) is 4.98 Å². The molecule has 0 unspecified atom stereocenters. The van der Waals surface area contributed by atoms with Crippen molar-refractivity contribution < 1.29 is 4.79 Å². The summed E-state index contributed by atoms with van der Waals surface area (Å²) in [5.41, 5.74) is 8.14. The van der Waals surface area contributed by atoms with Crippen molar-refractivity contribution >= 4 is 22.5 Å². The van der Waals surface area contributed by atoms with E-state index in [1.165, 1.54) is 16.7 Å². The van der Waals surface area contributed by atoms with Crippen molar-refractivity contribution in [3.05, 3.63) is 95.1 Å². The summed E-state index contributed by atoms with van der Waals surface area (Å²) >= 11 is 0. The Labute approximate surface area is 177 Å². The smallest absolute Gasteiger partial charge is 0.259 e. The van der Waals surface area contributed by atoms with Gasteiger partial charge in [0.15, 0.2) is 0 Å². The molecule has 0 saturated carbocycles. The van der Waals surface area contributed by atoms with Gasteiger partial charge in [0.2, 0.25) is 0 Å². The molecule has 3 heteroatoms. The van der Waals surface area contributed by atoms with E-state index in [0.717, 1.165) is 47.2 Å². The number of anilines is 1. The monoisotopic (exact) mass is 392 g/mol. The summed E-state index contributed by atoms with van der Waals surface area (Å²) in [6.45, 7) is 4.93. The van der Waals surface area contributed by atoms with Gasteiger partial charge in [0.1, 0.15) is 0 Å². The SMILES string of the molecule is Cc1ccc(-c2cc(C(=O)N3CCCc4ccccc43)c3ccccc3n2)c(C)c1. The quantitative estimate of drug-likeness (QED) is 0.412. The Morgan fingerprint density at radius 3 is 2.60 bits per heavy atom. The van der Waals surface area contributed by atoms with Gasteiger partial charge < -0.3 is 4.90 Å². The number of rotatable bonds is 2. The Balaban J connectivity index is 1.68. The first-order valence-corrected chi connectivity index (χ1v) is 10.5. The topological polar surface area (TPSA) is 33.2 Å². The van der Waals surface area contributed by atoms with Gasteiger partial charge in [0.05, 0.1) is 16.8 Å². The number of hydrogen-bond acceptors (Lipinski definition) is 2. The zero-order valence-corrected chi connectivity index (χ0v) is 17.4. The lowest BCUT2D eigenvalue weighted by molar-refractivity contribution is 0.0986. The molecule has 5 rings (SSSR count). The van der Waals surface area contributed by atoms with Gasteiger partial charge in [-0.1, -0.05) is 60.2 Å². The Hall–Kier alpha value is -3.46. The van der Waals surface area contributed by atoms with Crippen molar-refractivity contribution in [1.82, 2.24) is 4.98 Å². The number of aryl methyl sites for hydroxylation is 3. The minimum atomic E-state index is 0.0479. The number of para-hydroxylation sites is 2. The van der Waals surface area contributed by atoms with Crippen molar-refractivity contribution in [2.75, 3.05) is 11.4 Å². The second-order valence-electron chi connectivity index (χ2n) is 8.08. The van der Waals surface area contributed by atoms with Crippen LogP contribution in [0, 0.1) is 13.8 Å². The second-order valence-corrected chi connectivity index (χ2v) is 8.08. The molecule has 0 saturated heterocycles. The van der Waals surface area contributed by atoms with Gasteiger partial charge in [-0.3, -0.25) is 4.79 Å². The fourth-order valence-corrected chi connectivity index (χ4v) is 4.48. The average molecular weight is 393 g/mol. The number of carbonyl (C=O) groups is 1. The van der Waals surface area contributed by atoms with Crippen LogP contribution in [0.25, 0.3) is 22.2 Å². The molecule has 1 amide bonds. The molecule has 1 aliphatic rings. The summed E-state index contributed by atoms with van der Waals surface area (Å²) in [5, 5.41) is 0.902. The zero-order chi connectivity index (χ0) is 20.7. The summed E-state index contributed by atoms with van der Waals surface area (Å²) in [5.74, 6) is 0.0479. The van der Waals surface area contributed by atoms with Gasteiger partial charge in [-0.2, -0.15) is 0 Å². The van der Waals surface area contributed by atoms with Gasteiger partial charge in [0.25, 0.3) is 5.91 Å². The summed E-state index contributed by atoms with van der Waals surface area (Å²) < 4.78 is 0. The molecule has 0 spiro atoms. The van der Waals surface area contributed by atoms with Crippen LogP contribution in [0.15, 0.2) is 72.8 Å². The maximum Gasteiger partial charge on any atom is 0.259 e. The first kappa shape index (κ1) is 18.6.